The van der Waals surface area contributed by atoms with E-state index >= 15 is 0 Å². The molecule has 0 heteroatoms. The molecular weight excluding hydrogens is 312 g/mol. The highest BCUT2D eigenvalue weighted by Gasteiger charge is 2.08. The Bertz CT molecular complexity index is 1000. The van der Waals surface area contributed by atoms with Crippen LogP contribution in [0.2, 0.25) is 0 Å². The van der Waals surface area contributed by atoms with Crippen molar-refractivity contribution in [1.82, 2.24) is 0 Å². The Labute approximate surface area is 155 Å². The second-order valence-electron chi connectivity index (χ2n) is 6.72. The predicted octanol–water partition coefficient (Wildman–Crippen LogP) is 7.23. The van der Waals surface area contributed by atoms with Gasteiger partial charge in [0.15, 0.2) is 0 Å². The molecule has 0 atom stereocenters. The molecule has 0 unspecified atom stereocenters. The number of hydrogen-bond donors (Lipinski definition) is 0. The van der Waals surface area contributed by atoms with Gasteiger partial charge in [-0.15, -0.1) is 0 Å². The smallest absolute Gasteiger partial charge is 0.0157 e. The van der Waals surface area contributed by atoms with Gasteiger partial charge in [-0.05, 0) is 64.9 Å². The van der Waals surface area contributed by atoms with Crippen LogP contribution in [-0.4, -0.2) is 0 Å². The number of aryl methyl sites for hydroxylation is 1. The van der Waals surface area contributed by atoms with Gasteiger partial charge >= 0.3 is 0 Å². The summed E-state index contributed by atoms with van der Waals surface area (Å²) in [6.45, 7) is 2.15. The third kappa shape index (κ3) is 3.60. The largest absolute Gasteiger partial charge is 0.0807 e. The van der Waals surface area contributed by atoms with Crippen molar-refractivity contribution in [2.45, 2.75) is 13.3 Å². The third-order valence-electron chi connectivity index (χ3n) is 4.72. The van der Waals surface area contributed by atoms with Crippen molar-refractivity contribution in [2.75, 3.05) is 0 Å². The molecule has 3 aromatic rings. The van der Waals surface area contributed by atoms with Gasteiger partial charge in [-0.1, -0.05) is 90.5 Å². The maximum atomic E-state index is 2.31. The molecule has 0 amide bonds. The monoisotopic (exact) mass is 334 g/mol. The average Bonchev–Trinajstić information content (AvgIpc) is 2.98. The zero-order valence-corrected chi connectivity index (χ0v) is 15.0. The maximum absolute atomic E-state index is 2.31. The Kier molecular flexibility index (Phi) is 4.66. The zero-order valence-electron chi connectivity index (χ0n) is 15.0. The van der Waals surface area contributed by atoms with Crippen LogP contribution in [0.25, 0.3) is 27.8 Å². The van der Waals surface area contributed by atoms with Gasteiger partial charge in [-0.3, -0.25) is 0 Å². The average molecular weight is 334 g/mol. The molecule has 26 heavy (non-hydrogen) atoms. The molecule has 126 valence electrons. The summed E-state index contributed by atoms with van der Waals surface area (Å²) >= 11 is 0. The third-order valence-corrected chi connectivity index (χ3v) is 4.72. The lowest BCUT2D eigenvalue weighted by molar-refractivity contribution is 1.40. The van der Waals surface area contributed by atoms with Crippen molar-refractivity contribution in [2.24, 2.45) is 0 Å². The van der Waals surface area contributed by atoms with E-state index in [2.05, 4.69) is 110 Å². The normalized spacial score (nSPS) is 13.3. The van der Waals surface area contributed by atoms with E-state index < -0.39 is 0 Å². The van der Waals surface area contributed by atoms with Crippen LogP contribution >= 0.6 is 0 Å². The van der Waals surface area contributed by atoms with Gasteiger partial charge in [-0.25, -0.2) is 0 Å². The van der Waals surface area contributed by atoms with E-state index in [4.69, 9.17) is 0 Å². The first-order valence-electron chi connectivity index (χ1n) is 9.11. The van der Waals surface area contributed by atoms with Crippen LogP contribution in [0, 0.1) is 6.92 Å². The molecule has 0 fully saturated rings. The molecule has 0 radical (unpaired) electrons. The minimum Gasteiger partial charge on any atom is -0.0807 e. The van der Waals surface area contributed by atoms with E-state index in [0.717, 1.165) is 6.42 Å². The van der Waals surface area contributed by atoms with E-state index in [1.54, 1.807) is 0 Å². The molecule has 0 saturated heterocycles. The van der Waals surface area contributed by atoms with Crippen molar-refractivity contribution in [1.29, 1.82) is 0 Å². The molecule has 0 spiro atoms. The summed E-state index contributed by atoms with van der Waals surface area (Å²) in [6.07, 6.45) is 11.9. The van der Waals surface area contributed by atoms with Gasteiger partial charge in [0.25, 0.3) is 0 Å². The van der Waals surface area contributed by atoms with Gasteiger partial charge in [0.1, 0.15) is 0 Å². The Morgan fingerprint density at radius 3 is 2.15 bits per heavy atom. The Morgan fingerprint density at radius 1 is 0.615 bits per heavy atom. The molecular formula is C26H22. The molecule has 1 aliphatic carbocycles. The second-order valence-corrected chi connectivity index (χ2v) is 6.72. The summed E-state index contributed by atoms with van der Waals surface area (Å²) in [4.78, 5) is 0. The van der Waals surface area contributed by atoms with Crippen molar-refractivity contribution in [3.8, 4) is 22.3 Å². The van der Waals surface area contributed by atoms with Crippen LogP contribution in [-0.2, 0) is 0 Å². The van der Waals surface area contributed by atoms with Gasteiger partial charge in [0, 0.05) is 0 Å². The SMILES string of the molecule is Cc1cccc(-c2cc(C3=CCC=CC=C3)cc(-c3ccccc3)c2)c1. The molecule has 0 nitrogen and oxygen atoms in total. The molecule has 0 N–H and O–H groups in total. The lowest BCUT2D eigenvalue weighted by Gasteiger charge is -2.12. The molecule has 1 aliphatic rings. The number of hydrogen-bond acceptors (Lipinski definition) is 0. The topological polar surface area (TPSA) is 0 Å². The second kappa shape index (κ2) is 7.41. The summed E-state index contributed by atoms with van der Waals surface area (Å²) in [5.74, 6) is 0. The van der Waals surface area contributed by atoms with Crippen LogP contribution in [0.4, 0.5) is 0 Å². The van der Waals surface area contributed by atoms with E-state index in [1.165, 1.54) is 39.0 Å². The number of allylic oxidation sites excluding steroid dienone is 6. The highest BCUT2D eigenvalue weighted by atomic mass is 14.1. The van der Waals surface area contributed by atoms with Crippen molar-refractivity contribution >= 4 is 5.57 Å². The van der Waals surface area contributed by atoms with Gasteiger partial charge in [0.05, 0.1) is 0 Å². The lowest BCUT2D eigenvalue weighted by atomic mass is 9.92. The first kappa shape index (κ1) is 16.4. The van der Waals surface area contributed by atoms with E-state index in [9.17, 15) is 0 Å². The lowest BCUT2D eigenvalue weighted by Crippen LogP contribution is -1.88. The molecule has 3 aromatic carbocycles. The molecule has 0 saturated carbocycles. The van der Waals surface area contributed by atoms with E-state index in [0.29, 0.717) is 0 Å². The Hall–Kier alpha value is -3.12. The molecule has 0 aromatic heterocycles. The van der Waals surface area contributed by atoms with Crippen molar-refractivity contribution in [3.63, 3.8) is 0 Å². The molecule has 4 rings (SSSR count). The van der Waals surface area contributed by atoms with E-state index in [1.807, 2.05) is 0 Å². The van der Waals surface area contributed by atoms with Crippen LogP contribution in [0.5, 0.6) is 0 Å². The summed E-state index contributed by atoms with van der Waals surface area (Å²) in [6, 6.07) is 26.3. The van der Waals surface area contributed by atoms with Gasteiger partial charge in [0.2, 0.25) is 0 Å². The number of benzene rings is 3. The fourth-order valence-electron chi connectivity index (χ4n) is 3.38. The fourth-order valence-corrected chi connectivity index (χ4v) is 3.38. The summed E-state index contributed by atoms with van der Waals surface area (Å²) < 4.78 is 0. The van der Waals surface area contributed by atoms with Crippen LogP contribution in [0.3, 0.4) is 0 Å². The van der Waals surface area contributed by atoms with Gasteiger partial charge in [-0.2, -0.15) is 0 Å². The zero-order chi connectivity index (χ0) is 17.8. The highest BCUT2D eigenvalue weighted by Crippen LogP contribution is 2.32. The summed E-state index contributed by atoms with van der Waals surface area (Å²) in [5.41, 5.74) is 8.86. The standard InChI is InChI=1S/C26H22/c1-20-10-9-15-23(16-20)26-18-24(21-11-5-2-3-6-12-21)17-25(19-26)22-13-7-4-8-14-22/h2-5,7-19H,6H2,1H3. The maximum Gasteiger partial charge on any atom is -0.0157 e. The van der Waals surface area contributed by atoms with Crippen molar-refractivity contribution in [3.05, 3.63) is 114 Å². The fraction of sp³-hybridized carbons (Fsp3) is 0.0769. The quantitative estimate of drug-likeness (QED) is 0.474. The molecule has 0 bridgehead atoms. The Morgan fingerprint density at radius 2 is 1.35 bits per heavy atom. The Balaban J connectivity index is 1.89. The van der Waals surface area contributed by atoms with E-state index in [-0.39, 0.29) is 0 Å². The minimum atomic E-state index is 0.970. The first-order chi connectivity index (χ1) is 12.8. The predicted molar refractivity (Wildman–Crippen MR) is 113 cm³/mol. The summed E-state index contributed by atoms with van der Waals surface area (Å²) in [7, 11) is 0. The van der Waals surface area contributed by atoms with Crippen LogP contribution < -0.4 is 0 Å². The summed E-state index contributed by atoms with van der Waals surface area (Å²) in [5, 5.41) is 0. The molecule has 0 heterocycles. The number of rotatable bonds is 3. The molecule has 0 aliphatic heterocycles. The van der Waals surface area contributed by atoms with Gasteiger partial charge < -0.3 is 0 Å². The minimum absolute atomic E-state index is 0.970. The highest BCUT2D eigenvalue weighted by molar-refractivity contribution is 5.83. The van der Waals surface area contributed by atoms with Crippen molar-refractivity contribution < 1.29 is 0 Å². The van der Waals surface area contributed by atoms with Crippen LogP contribution in [0.1, 0.15) is 17.5 Å². The van der Waals surface area contributed by atoms with Crippen LogP contribution in [0.15, 0.2) is 103 Å². The first-order valence-corrected chi connectivity index (χ1v) is 9.11.